The van der Waals surface area contributed by atoms with Gasteiger partial charge in [0.2, 0.25) is 0 Å². The van der Waals surface area contributed by atoms with E-state index >= 15 is 0 Å². The van der Waals surface area contributed by atoms with Crippen LogP contribution in [-0.2, 0) is 13.5 Å². The van der Waals surface area contributed by atoms with Gasteiger partial charge in [0.1, 0.15) is 7.05 Å². The number of aliphatic hydroxyl groups is 1. The number of pyridine rings is 1. The molecule has 1 N–H and O–H groups in total. The lowest BCUT2D eigenvalue weighted by Crippen LogP contribution is -3.00. The zero-order valence-electron chi connectivity index (χ0n) is 10.1. The molecule has 2 aromatic rings. The Morgan fingerprint density at radius 2 is 1.83 bits per heavy atom. The van der Waals surface area contributed by atoms with Gasteiger partial charge in [0.15, 0.2) is 11.9 Å². The molecule has 0 aliphatic heterocycles. The quantitative estimate of drug-likeness (QED) is 0.565. The van der Waals surface area contributed by atoms with Gasteiger partial charge in [0, 0.05) is 17.2 Å². The Bertz CT molecular complexity index is 501. The molecule has 0 saturated heterocycles. The van der Waals surface area contributed by atoms with E-state index in [9.17, 15) is 5.11 Å². The smallest absolute Gasteiger partial charge is 0.184 e. The highest BCUT2D eigenvalue weighted by atomic mass is 127. The number of aromatic nitrogens is 1. The van der Waals surface area contributed by atoms with Crippen LogP contribution in [-0.4, -0.2) is 5.11 Å². The van der Waals surface area contributed by atoms with E-state index in [0.717, 1.165) is 11.3 Å². The maximum atomic E-state index is 10.1. The molecule has 0 aliphatic carbocycles. The summed E-state index contributed by atoms with van der Waals surface area (Å²) >= 11 is 5.82. The van der Waals surface area contributed by atoms with Crippen molar-refractivity contribution in [2.75, 3.05) is 0 Å². The Hall–Kier alpha value is -0.650. The number of aryl methyl sites for hydroxylation is 1. The van der Waals surface area contributed by atoms with Crippen molar-refractivity contribution in [3.05, 3.63) is 64.9 Å². The fraction of sp³-hybridized carbons (Fsp3) is 0.214. The minimum atomic E-state index is -0.499. The number of hydrogen-bond acceptors (Lipinski definition) is 1. The number of aliphatic hydroxyl groups excluding tert-OH is 1. The third kappa shape index (κ3) is 3.93. The van der Waals surface area contributed by atoms with E-state index in [1.54, 1.807) is 12.1 Å². The molecular weight excluding hydrogens is 361 g/mol. The molecule has 96 valence electrons. The van der Waals surface area contributed by atoms with Crippen LogP contribution in [0.3, 0.4) is 0 Å². The molecule has 0 amide bonds. The molecule has 2 nitrogen and oxygen atoms in total. The van der Waals surface area contributed by atoms with E-state index in [-0.39, 0.29) is 24.0 Å². The minimum Gasteiger partial charge on any atom is -1.00 e. The number of rotatable bonds is 3. The molecule has 0 radical (unpaired) electrons. The van der Waals surface area contributed by atoms with E-state index in [0.29, 0.717) is 11.4 Å². The summed E-state index contributed by atoms with van der Waals surface area (Å²) in [5.74, 6) is 0. The zero-order valence-corrected chi connectivity index (χ0v) is 13.0. The molecule has 1 atom stereocenters. The van der Waals surface area contributed by atoms with Crippen molar-refractivity contribution in [2.24, 2.45) is 7.05 Å². The highest BCUT2D eigenvalue weighted by molar-refractivity contribution is 6.30. The van der Waals surface area contributed by atoms with E-state index in [1.807, 2.05) is 48.1 Å². The van der Waals surface area contributed by atoms with Gasteiger partial charge in [-0.15, -0.1) is 0 Å². The predicted molar refractivity (Wildman–Crippen MR) is 67.7 cm³/mol. The molecule has 1 aromatic heterocycles. The summed E-state index contributed by atoms with van der Waals surface area (Å²) in [4.78, 5) is 0. The van der Waals surface area contributed by atoms with E-state index < -0.39 is 6.10 Å². The SMILES string of the molecule is C[n+]1ccccc1CC(O)c1ccc(Cl)cc1.[I-]. The molecule has 0 aliphatic rings. The van der Waals surface area contributed by atoms with Crippen molar-refractivity contribution in [3.63, 3.8) is 0 Å². The fourth-order valence-electron chi connectivity index (χ4n) is 1.77. The normalized spacial score (nSPS) is 11.7. The first-order valence-electron chi connectivity index (χ1n) is 5.54. The second-order valence-electron chi connectivity index (χ2n) is 4.07. The van der Waals surface area contributed by atoms with Crippen LogP contribution in [0.2, 0.25) is 5.02 Å². The molecular formula is C14H15ClINO. The summed E-state index contributed by atoms with van der Waals surface area (Å²) in [6.07, 6.45) is 2.07. The van der Waals surface area contributed by atoms with E-state index in [4.69, 9.17) is 11.6 Å². The van der Waals surface area contributed by atoms with Gasteiger partial charge in [-0.25, -0.2) is 4.57 Å². The molecule has 4 heteroatoms. The number of hydrogen-bond donors (Lipinski definition) is 1. The zero-order chi connectivity index (χ0) is 12.3. The van der Waals surface area contributed by atoms with Crippen LogP contribution in [0.4, 0.5) is 0 Å². The maximum absolute atomic E-state index is 10.1. The standard InChI is InChI=1S/C14H15ClNO.HI/c1-16-9-3-2-4-13(16)10-14(17)11-5-7-12(15)8-6-11;/h2-9,14,17H,10H2,1H3;1H/q+1;/p-1. The summed E-state index contributed by atoms with van der Waals surface area (Å²) in [6.45, 7) is 0. The first-order valence-corrected chi connectivity index (χ1v) is 5.91. The second kappa shape index (κ2) is 7.07. The average molecular weight is 376 g/mol. The summed E-state index contributed by atoms with van der Waals surface area (Å²) in [6, 6.07) is 13.3. The summed E-state index contributed by atoms with van der Waals surface area (Å²) < 4.78 is 2.01. The molecule has 2 rings (SSSR count). The third-order valence-electron chi connectivity index (χ3n) is 2.82. The van der Waals surface area contributed by atoms with Crippen molar-refractivity contribution in [2.45, 2.75) is 12.5 Å². The van der Waals surface area contributed by atoms with Gasteiger partial charge in [0.05, 0.1) is 12.5 Å². The molecule has 0 bridgehead atoms. The van der Waals surface area contributed by atoms with Crippen LogP contribution in [0.1, 0.15) is 17.4 Å². The number of nitrogens with zero attached hydrogens (tertiary/aromatic N) is 1. The van der Waals surface area contributed by atoms with E-state index in [1.165, 1.54) is 0 Å². The van der Waals surface area contributed by atoms with Crippen molar-refractivity contribution in [1.82, 2.24) is 0 Å². The van der Waals surface area contributed by atoms with Crippen LogP contribution in [0.25, 0.3) is 0 Å². The van der Waals surface area contributed by atoms with Crippen LogP contribution >= 0.6 is 11.6 Å². The Morgan fingerprint density at radius 3 is 2.44 bits per heavy atom. The van der Waals surface area contributed by atoms with Crippen LogP contribution < -0.4 is 28.5 Å². The van der Waals surface area contributed by atoms with Gasteiger partial charge >= 0.3 is 0 Å². The lowest BCUT2D eigenvalue weighted by molar-refractivity contribution is -0.679. The molecule has 1 aromatic carbocycles. The highest BCUT2D eigenvalue weighted by Gasteiger charge is 2.14. The Kier molecular flexibility index (Phi) is 6.05. The largest absolute Gasteiger partial charge is 1.00 e. The van der Waals surface area contributed by atoms with E-state index in [2.05, 4.69) is 0 Å². The van der Waals surface area contributed by atoms with Gasteiger partial charge in [0.25, 0.3) is 0 Å². The van der Waals surface area contributed by atoms with Crippen molar-refractivity contribution in [1.29, 1.82) is 0 Å². The Labute approximate surface area is 129 Å². The summed E-state index contributed by atoms with van der Waals surface area (Å²) in [7, 11) is 1.98. The highest BCUT2D eigenvalue weighted by Crippen LogP contribution is 2.18. The molecule has 0 saturated carbocycles. The van der Waals surface area contributed by atoms with Gasteiger partial charge in [-0.2, -0.15) is 0 Å². The molecule has 1 unspecified atom stereocenters. The molecule has 0 spiro atoms. The topological polar surface area (TPSA) is 24.1 Å². The van der Waals surface area contributed by atoms with Crippen LogP contribution in [0.5, 0.6) is 0 Å². The van der Waals surface area contributed by atoms with Crippen molar-refractivity contribution in [3.8, 4) is 0 Å². The second-order valence-corrected chi connectivity index (χ2v) is 4.51. The lowest BCUT2D eigenvalue weighted by atomic mass is 10.0. The summed E-state index contributed by atoms with van der Waals surface area (Å²) in [5.41, 5.74) is 1.98. The van der Waals surface area contributed by atoms with Crippen LogP contribution in [0.15, 0.2) is 48.7 Å². The molecule has 1 heterocycles. The average Bonchev–Trinajstić information content (AvgIpc) is 2.33. The number of halogens is 2. The fourth-order valence-corrected chi connectivity index (χ4v) is 1.90. The monoisotopic (exact) mass is 375 g/mol. The first-order chi connectivity index (χ1) is 8.16. The van der Waals surface area contributed by atoms with Gasteiger partial charge < -0.3 is 29.1 Å². The van der Waals surface area contributed by atoms with Crippen molar-refractivity contribution < 1.29 is 33.7 Å². The third-order valence-corrected chi connectivity index (χ3v) is 3.07. The molecule has 18 heavy (non-hydrogen) atoms. The lowest BCUT2D eigenvalue weighted by Gasteiger charge is -2.09. The molecule has 0 fully saturated rings. The predicted octanol–water partition coefficient (Wildman–Crippen LogP) is -0.555. The van der Waals surface area contributed by atoms with Gasteiger partial charge in [-0.3, -0.25) is 0 Å². The van der Waals surface area contributed by atoms with Gasteiger partial charge in [-0.1, -0.05) is 29.8 Å². The Balaban J connectivity index is 0.00000162. The number of benzene rings is 1. The minimum absolute atomic E-state index is 0. The Morgan fingerprint density at radius 1 is 1.17 bits per heavy atom. The summed E-state index contributed by atoms with van der Waals surface area (Å²) in [5, 5.41) is 10.8. The first kappa shape index (κ1) is 15.4. The van der Waals surface area contributed by atoms with Crippen molar-refractivity contribution >= 4 is 11.6 Å². The maximum Gasteiger partial charge on any atom is 0.184 e. The van der Waals surface area contributed by atoms with Gasteiger partial charge in [-0.05, 0) is 17.7 Å². The van der Waals surface area contributed by atoms with Crippen LogP contribution in [0, 0.1) is 0 Å².